The largest absolute Gasteiger partial charge is 0.494 e. The molecule has 1 aromatic heterocycles. The lowest BCUT2D eigenvalue weighted by Gasteiger charge is -2.08. The Balaban J connectivity index is 2.02. The van der Waals surface area contributed by atoms with Crippen LogP contribution in [0.2, 0.25) is 0 Å². The van der Waals surface area contributed by atoms with Crippen LogP contribution in [0.4, 0.5) is 4.39 Å². The third-order valence-corrected chi connectivity index (χ3v) is 2.29. The minimum Gasteiger partial charge on any atom is -0.494 e. The molecule has 4 heteroatoms. The number of hydrogen-bond acceptors (Lipinski definition) is 2. The van der Waals surface area contributed by atoms with Gasteiger partial charge in [0.25, 0.3) is 0 Å². The van der Waals surface area contributed by atoms with E-state index in [1.165, 1.54) is 13.2 Å². The number of aromatic nitrogens is 1. The monoisotopic (exact) mass is 220 g/mol. The van der Waals surface area contributed by atoms with Crippen molar-refractivity contribution in [1.29, 1.82) is 0 Å². The molecule has 0 aliphatic heterocycles. The zero-order chi connectivity index (χ0) is 11.4. The van der Waals surface area contributed by atoms with Crippen LogP contribution >= 0.6 is 0 Å². The molecule has 2 rings (SSSR count). The highest BCUT2D eigenvalue weighted by atomic mass is 19.1. The number of benzene rings is 1. The van der Waals surface area contributed by atoms with Crippen LogP contribution in [0, 0.1) is 5.82 Å². The van der Waals surface area contributed by atoms with E-state index in [2.05, 4.69) is 5.43 Å². The van der Waals surface area contributed by atoms with Gasteiger partial charge in [0.05, 0.1) is 13.7 Å². The van der Waals surface area contributed by atoms with Crippen molar-refractivity contribution in [2.24, 2.45) is 0 Å². The standard InChI is InChI=1S/C12H13FN2O/c1-16-12-5-4-10(8-11(12)13)9-14-15-6-2-3-7-15/h2-8,14H,9H2,1H3. The minimum absolute atomic E-state index is 0.268. The fourth-order valence-electron chi connectivity index (χ4n) is 1.44. The summed E-state index contributed by atoms with van der Waals surface area (Å²) in [5, 5.41) is 0. The molecular formula is C12H13FN2O. The van der Waals surface area contributed by atoms with Gasteiger partial charge in [-0.2, -0.15) is 0 Å². The average Bonchev–Trinajstić information content (AvgIpc) is 2.79. The molecule has 0 amide bonds. The lowest BCUT2D eigenvalue weighted by molar-refractivity contribution is 0.386. The van der Waals surface area contributed by atoms with Gasteiger partial charge in [-0.1, -0.05) is 6.07 Å². The molecule has 0 fully saturated rings. The number of ether oxygens (including phenoxy) is 1. The third kappa shape index (κ3) is 2.34. The molecule has 2 aromatic rings. The van der Waals surface area contributed by atoms with Gasteiger partial charge in [-0.3, -0.25) is 4.68 Å². The van der Waals surface area contributed by atoms with E-state index in [-0.39, 0.29) is 11.6 Å². The first-order chi connectivity index (χ1) is 7.79. The Morgan fingerprint density at radius 1 is 1.31 bits per heavy atom. The summed E-state index contributed by atoms with van der Waals surface area (Å²) in [5.74, 6) is -0.0704. The van der Waals surface area contributed by atoms with Gasteiger partial charge in [-0.05, 0) is 29.8 Å². The van der Waals surface area contributed by atoms with Crippen molar-refractivity contribution in [2.45, 2.75) is 6.54 Å². The Kier molecular flexibility index (Phi) is 3.10. The normalized spacial score (nSPS) is 10.1. The van der Waals surface area contributed by atoms with Gasteiger partial charge in [-0.15, -0.1) is 0 Å². The second kappa shape index (κ2) is 4.70. The van der Waals surface area contributed by atoms with Crippen molar-refractivity contribution in [3.05, 3.63) is 54.1 Å². The second-order valence-electron chi connectivity index (χ2n) is 3.39. The SMILES string of the molecule is COc1ccc(CNn2cccc2)cc1F. The van der Waals surface area contributed by atoms with Gasteiger partial charge in [0.2, 0.25) is 0 Å². The molecule has 0 saturated carbocycles. The van der Waals surface area contributed by atoms with Crippen molar-refractivity contribution in [1.82, 2.24) is 4.68 Å². The van der Waals surface area contributed by atoms with Gasteiger partial charge in [0, 0.05) is 12.4 Å². The maximum absolute atomic E-state index is 13.4. The molecule has 0 unspecified atom stereocenters. The van der Waals surface area contributed by atoms with Crippen molar-refractivity contribution in [3.8, 4) is 5.75 Å². The fraction of sp³-hybridized carbons (Fsp3) is 0.167. The lowest BCUT2D eigenvalue weighted by Crippen LogP contribution is -2.11. The third-order valence-electron chi connectivity index (χ3n) is 2.29. The van der Waals surface area contributed by atoms with E-state index >= 15 is 0 Å². The highest BCUT2D eigenvalue weighted by Crippen LogP contribution is 2.17. The molecule has 0 saturated heterocycles. The van der Waals surface area contributed by atoms with Crippen molar-refractivity contribution >= 4 is 0 Å². The maximum Gasteiger partial charge on any atom is 0.165 e. The first-order valence-electron chi connectivity index (χ1n) is 4.99. The van der Waals surface area contributed by atoms with Crippen molar-refractivity contribution < 1.29 is 9.13 Å². The number of methoxy groups -OCH3 is 1. The molecule has 3 nitrogen and oxygen atoms in total. The highest BCUT2D eigenvalue weighted by Gasteiger charge is 2.02. The maximum atomic E-state index is 13.4. The first-order valence-corrected chi connectivity index (χ1v) is 4.99. The van der Waals surface area contributed by atoms with Gasteiger partial charge in [0.15, 0.2) is 11.6 Å². The summed E-state index contributed by atoms with van der Waals surface area (Å²) in [6.07, 6.45) is 3.78. The molecule has 1 heterocycles. The average molecular weight is 220 g/mol. The number of nitrogens with zero attached hydrogens (tertiary/aromatic N) is 1. The van der Waals surface area contributed by atoms with Crippen LogP contribution < -0.4 is 10.2 Å². The molecule has 0 bridgehead atoms. The summed E-state index contributed by atoms with van der Waals surface area (Å²) in [6.45, 7) is 0.565. The van der Waals surface area contributed by atoms with E-state index in [1.54, 1.807) is 6.07 Å². The van der Waals surface area contributed by atoms with E-state index in [9.17, 15) is 4.39 Å². The zero-order valence-electron chi connectivity index (χ0n) is 8.98. The quantitative estimate of drug-likeness (QED) is 0.856. The number of nitrogens with one attached hydrogen (secondary N) is 1. The lowest BCUT2D eigenvalue weighted by atomic mass is 10.2. The van der Waals surface area contributed by atoms with Crippen molar-refractivity contribution in [3.63, 3.8) is 0 Å². The van der Waals surface area contributed by atoms with Crippen LogP contribution in [-0.4, -0.2) is 11.8 Å². The van der Waals surface area contributed by atoms with Gasteiger partial charge < -0.3 is 10.2 Å². The summed E-state index contributed by atoms with van der Waals surface area (Å²) < 4.78 is 20.0. The smallest absolute Gasteiger partial charge is 0.165 e. The van der Waals surface area contributed by atoms with Crippen LogP contribution in [-0.2, 0) is 6.54 Å². The number of halogens is 1. The number of hydrogen-bond donors (Lipinski definition) is 1. The first kappa shape index (κ1) is 10.5. The van der Waals surface area contributed by atoms with E-state index < -0.39 is 0 Å². The predicted molar refractivity (Wildman–Crippen MR) is 60.4 cm³/mol. The van der Waals surface area contributed by atoms with Gasteiger partial charge in [-0.25, -0.2) is 4.39 Å². The molecule has 84 valence electrons. The number of rotatable bonds is 4. The van der Waals surface area contributed by atoms with Crippen LogP contribution in [0.15, 0.2) is 42.7 Å². The summed E-state index contributed by atoms with van der Waals surface area (Å²) in [4.78, 5) is 0. The van der Waals surface area contributed by atoms with Crippen molar-refractivity contribution in [2.75, 3.05) is 12.5 Å². The molecule has 1 N–H and O–H groups in total. The summed E-state index contributed by atoms with van der Waals surface area (Å²) in [7, 11) is 1.45. The second-order valence-corrected chi connectivity index (χ2v) is 3.39. The predicted octanol–water partition coefficient (Wildman–Crippen LogP) is 2.38. The molecule has 16 heavy (non-hydrogen) atoms. The molecule has 0 spiro atoms. The summed E-state index contributed by atoms with van der Waals surface area (Å²) >= 11 is 0. The Bertz CT molecular complexity index is 454. The van der Waals surface area contributed by atoms with Crippen LogP contribution in [0.1, 0.15) is 5.56 Å². The Hall–Kier alpha value is -1.97. The van der Waals surface area contributed by atoms with E-state index in [1.807, 2.05) is 35.3 Å². The van der Waals surface area contributed by atoms with Crippen LogP contribution in [0.5, 0.6) is 5.75 Å². The van der Waals surface area contributed by atoms with E-state index in [0.29, 0.717) is 6.54 Å². The molecule has 0 atom stereocenters. The Morgan fingerprint density at radius 2 is 2.06 bits per heavy atom. The molecule has 0 aliphatic rings. The molecular weight excluding hydrogens is 207 g/mol. The summed E-state index contributed by atoms with van der Waals surface area (Å²) in [6, 6.07) is 8.76. The van der Waals surface area contributed by atoms with E-state index in [4.69, 9.17) is 4.74 Å². The molecule has 1 aromatic carbocycles. The van der Waals surface area contributed by atoms with E-state index in [0.717, 1.165) is 5.56 Å². The van der Waals surface area contributed by atoms with Gasteiger partial charge >= 0.3 is 0 Å². The fourth-order valence-corrected chi connectivity index (χ4v) is 1.44. The Labute approximate surface area is 93.4 Å². The zero-order valence-corrected chi connectivity index (χ0v) is 8.98. The van der Waals surface area contributed by atoms with Gasteiger partial charge in [0.1, 0.15) is 0 Å². The topological polar surface area (TPSA) is 26.2 Å². The minimum atomic E-state index is -0.339. The molecule has 0 aliphatic carbocycles. The summed E-state index contributed by atoms with van der Waals surface area (Å²) in [5.41, 5.74) is 3.98. The van der Waals surface area contributed by atoms with Crippen LogP contribution in [0.3, 0.4) is 0 Å². The molecule has 0 radical (unpaired) electrons. The Morgan fingerprint density at radius 3 is 2.69 bits per heavy atom. The van der Waals surface area contributed by atoms with Crippen LogP contribution in [0.25, 0.3) is 0 Å². The highest BCUT2D eigenvalue weighted by molar-refractivity contribution is 5.29.